The maximum absolute atomic E-state index is 12.5. The van der Waals surface area contributed by atoms with Crippen molar-refractivity contribution in [3.05, 3.63) is 40.7 Å². The van der Waals surface area contributed by atoms with Gasteiger partial charge in [-0.2, -0.15) is 5.10 Å². The molecule has 1 amide bonds. The average Bonchev–Trinajstić information content (AvgIpc) is 2.80. The van der Waals surface area contributed by atoms with Crippen LogP contribution in [0.4, 0.5) is 0 Å². The summed E-state index contributed by atoms with van der Waals surface area (Å²) in [4.78, 5) is 14.1. The third-order valence-electron chi connectivity index (χ3n) is 3.82. The molecule has 0 fully saturated rings. The summed E-state index contributed by atoms with van der Waals surface area (Å²) in [6.45, 7) is 1.69. The van der Waals surface area contributed by atoms with Crippen molar-refractivity contribution in [1.29, 1.82) is 0 Å². The van der Waals surface area contributed by atoms with E-state index in [9.17, 15) is 4.79 Å². The second-order valence-corrected chi connectivity index (χ2v) is 6.31. The fourth-order valence-electron chi connectivity index (χ4n) is 2.61. The lowest BCUT2D eigenvalue weighted by Gasteiger charge is -2.17. The largest absolute Gasteiger partial charge is 0.489 e. The number of fused-ring (bicyclic) bond motifs is 1. The van der Waals surface area contributed by atoms with Gasteiger partial charge in [-0.15, -0.1) is 0 Å². The molecule has 1 aromatic carbocycles. The van der Waals surface area contributed by atoms with Crippen LogP contribution < -0.4 is 9.47 Å². The first-order valence-electron chi connectivity index (χ1n) is 7.82. The zero-order chi connectivity index (χ0) is 17.1. The first-order valence-corrected chi connectivity index (χ1v) is 8.20. The minimum Gasteiger partial charge on any atom is -0.489 e. The van der Waals surface area contributed by atoms with Gasteiger partial charge in [-0.3, -0.25) is 9.48 Å². The molecule has 2 heterocycles. The predicted molar refractivity (Wildman–Crippen MR) is 90.4 cm³/mol. The number of aromatic nitrogens is 2. The van der Waals surface area contributed by atoms with Gasteiger partial charge in [0.05, 0.1) is 30.9 Å². The van der Waals surface area contributed by atoms with E-state index in [-0.39, 0.29) is 12.3 Å². The summed E-state index contributed by atoms with van der Waals surface area (Å²) >= 11 is 6.27. The molecule has 128 valence electrons. The molecule has 0 unspecified atom stereocenters. The van der Waals surface area contributed by atoms with Crippen LogP contribution in [0.5, 0.6) is 11.5 Å². The summed E-state index contributed by atoms with van der Waals surface area (Å²) in [7, 11) is 3.63. The molecule has 1 aromatic heterocycles. The van der Waals surface area contributed by atoms with Gasteiger partial charge in [0.15, 0.2) is 11.5 Å². The zero-order valence-corrected chi connectivity index (χ0v) is 14.5. The number of halogens is 1. The number of amides is 1. The highest BCUT2D eigenvalue weighted by Crippen LogP contribution is 2.38. The molecule has 2 aromatic rings. The van der Waals surface area contributed by atoms with Gasteiger partial charge >= 0.3 is 0 Å². The van der Waals surface area contributed by atoms with Crippen LogP contribution in [0.1, 0.15) is 17.5 Å². The van der Waals surface area contributed by atoms with E-state index in [1.54, 1.807) is 28.9 Å². The molecule has 0 saturated heterocycles. The number of hydrogen-bond donors (Lipinski definition) is 0. The Morgan fingerprint density at radius 2 is 2.12 bits per heavy atom. The molecule has 24 heavy (non-hydrogen) atoms. The van der Waals surface area contributed by atoms with Crippen molar-refractivity contribution in [3.63, 3.8) is 0 Å². The number of aryl methyl sites for hydroxylation is 1. The van der Waals surface area contributed by atoms with Gasteiger partial charge in [-0.25, -0.2) is 0 Å². The third-order valence-corrected chi connectivity index (χ3v) is 4.10. The number of rotatable bonds is 4. The highest BCUT2D eigenvalue weighted by Gasteiger charge is 2.18. The van der Waals surface area contributed by atoms with Crippen LogP contribution in [-0.2, 0) is 24.8 Å². The smallest absolute Gasteiger partial charge is 0.227 e. The molecule has 0 saturated carbocycles. The quantitative estimate of drug-likeness (QED) is 0.850. The van der Waals surface area contributed by atoms with Gasteiger partial charge in [-0.1, -0.05) is 11.6 Å². The lowest BCUT2D eigenvalue weighted by Crippen LogP contribution is -2.27. The Hall–Kier alpha value is -2.21. The fourth-order valence-corrected chi connectivity index (χ4v) is 2.90. The van der Waals surface area contributed by atoms with Gasteiger partial charge in [0.2, 0.25) is 5.91 Å². The number of carbonyl (C=O) groups excluding carboxylic acids is 1. The number of nitrogens with zero attached hydrogens (tertiary/aromatic N) is 3. The summed E-state index contributed by atoms with van der Waals surface area (Å²) in [5, 5.41) is 4.59. The predicted octanol–water partition coefficient (Wildman–Crippen LogP) is 2.44. The van der Waals surface area contributed by atoms with Crippen molar-refractivity contribution in [2.75, 3.05) is 20.3 Å². The van der Waals surface area contributed by atoms with E-state index >= 15 is 0 Å². The summed E-state index contributed by atoms with van der Waals surface area (Å²) in [5.74, 6) is 1.18. The molecule has 0 N–H and O–H groups in total. The maximum atomic E-state index is 12.5. The highest BCUT2D eigenvalue weighted by molar-refractivity contribution is 6.32. The van der Waals surface area contributed by atoms with E-state index in [0.717, 1.165) is 17.5 Å². The normalized spacial score (nSPS) is 13.5. The Kier molecular flexibility index (Phi) is 4.94. The summed E-state index contributed by atoms with van der Waals surface area (Å²) in [6, 6.07) is 3.60. The molecule has 7 heteroatoms. The van der Waals surface area contributed by atoms with Crippen molar-refractivity contribution in [2.45, 2.75) is 19.4 Å². The standard InChI is InChI=1S/C17H20ClN3O3/c1-20(10-13-9-19-21(2)11-13)16(22)8-12-6-14(18)17-15(7-12)23-4-3-5-24-17/h6-7,9,11H,3-5,8,10H2,1-2H3. The van der Waals surface area contributed by atoms with Crippen LogP contribution in [0.25, 0.3) is 0 Å². The van der Waals surface area contributed by atoms with Crippen LogP contribution in [0, 0.1) is 0 Å². The third kappa shape index (κ3) is 3.82. The van der Waals surface area contributed by atoms with Gasteiger partial charge < -0.3 is 14.4 Å². The van der Waals surface area contributed by atoms with Crippen LogP contribution in [0.3, 0.4) is 0 Å². The Morgan fingerprint density at radius 1 is 1.33 bits per heavy atom. The lowest BCUT2D eigenvalue weighted by molar-refractivity contribution is -0.129. The topological polar surface area (TPSA) is 56.6 Å². The number of likely N-dealkylation sites (N-methyl/N-ethyl adjacent to an activating group) is 1. The van der Waals surface area contributed by atoms with Gasteiger partial charge in [-0.05, 0) is 17.7 Å². The molecule has 0 atom stereocenters. The lowest BCUT2D eigenvalue weighted by atomic mass is 10.1. The molecule has 6 nitrogen and oxygen atoms in total. The Labute approximate surface area is 145 Å². The van der Waals surface area contributed by atoms with E-state index in [0.29, 0.717) is 36.3 Å². The number of hydrogen-bond acceptors (Lipinski definition) is 4. The molecule has 0 radical (unpaired) electrons. The minimum atomic E-state index is 0.00408. The summed E-state index contributed by atoms with van der Waals surface area (Å²) in [5.41, 5.74) is 1.80. The molecule has 1 aliphatic heterocycles. The minimum absolute atomic E-state index is 0.00408. The van der Waals surface area contributed by atoms with Crippen LogP contribution in [0.2, 0.25) is 5.02 Å². The number of ether oxygens (including phenoxy) is 2. The van der Waals surface area contributed by atoms with E-state index in [4.69, 9.17) is 21.1 Å². The molecule has 0 aliphatic carbocycles. The van der Waals surface area contributed by atoms with Crippen molar-refractivity contribution in [3.8, 4) is 11.5 Å². The number of benzene rings is 1. The zero-order valence-electron chi connectivity index (χ0n) is 13.8. The Bertz CT molecular complexity index is 745. The van der Waals surface area contributed by atoms with Crippen LogP contribution >= 0.6 is 11.6 Å². The summed E-state index contributed by atoms with van der Waals surface area (Å²) < 4.78 is 13.0. The SMILES string of the molecule is CN(Cc1cnn(C)c1)C(=O)Cc1cc(Cl)c2c(c1)OCCCO2. The van der Waals surface area contributed by atoms with E-state index in [1.807, 2.05) is 19.3 Å². The summed E-state index contributed by atoms with van der Waals surface area (Å²) in [6.07, 6.45) is 4.72. The van der Waals surface area contributed by atoms with Crippen molar-refractivity contribution in [1.82, 2.24) is 14.7 Å². The molecular weight excluding hydrogens is 330 g/mol. The van der Waals surface area contributed by atoms with Gasteiger partial charge in [0, 0.05) is 38.8 Å². The Balaban J connectivity index is 1.69. The molecule has 0 spiro atoms. The van der Waals surface area contributed by atoms with Gasteiger partial charge in [0.1, 0.15) is 0 Å². The maximum Gasteiger partial charge on any atom is 0.227 e. The molecular formula is C17H20ClN3O3. The molecule has 1 aliphatic rings. The first-order chi connectivity index (χ1) is 11.5. The van der Waals surface area contributed by atoms with E-state index in [1.165, 1.54) is 0 Å². The second-order valence-electron chi connectivity index (χ2n) is 5.90. The average molecular weight is 350 g/mol. The van der Waals surface area contributed by atoms with E-state index in [2.05, 4.69) is 5.10 Å². The molecule has 0 bridgehead atoms. The highest BCUT2D eigenvalue weighted by atomic mass is 35.5. The fraction of sp³-hybridized carbons (Fsp3) is 0.412. The second kappa shape index (κ2) is 7.13. The van der Waals surface area contributed by atoms with E-state index < -0.39 is 0 Å². The monoisotopic (exact) mass is 349 g/mol. The van der Waals surface area contributed by atoms with Crippen molar-refractivity contribution in [2.24, 2.45) is 7.05 Å². The first kappa shape index (κ1) is 16.6. The van der Waals surface area contributed by atoms with Crippen molar-refractivity contribution >= 4 is 17.5 Å². The molecule has 3 rings (SSSR count). The Morgan fingerprint density at radius 3 is 2.88 bits per heavy atom. The number of carbonyl (C=O) groups is 1. The van der Waals surface area contributed by atoms with Crippen LogP contribution in [-0.4, -0.2) is 40.8 Å². The van der Waals surface area contributed by atoms with Crippen molar-refractivity contribution < 1.29 is 14.3 Å². The van der Waals surface area contributed by atoms with Crippen LogP contribution in [0.15, 0.2) is 24.5 Å². The van der Waals surface area contributed by atoms with Gasteiger partial charge in [0.25, 0.3) is 0 Å².